The molecule has 0 saturated heterocycles. The van der Waals surface area contributed by atoms with E-state index in [1.54, 1.807) is 30.1 Å². The maximum absolute atomic E-state index is 12.4. The van der Waals surface area contributed by atoms with E-state index < -0.39 is 0 Å². The van der Waals surface area contributed by atoms with E-state index in [2.05, 4.69) is 15.7 Å². The zero-order valence-corrected chi connectivity index (χ0v) is 13.9. The highest BCUT2D eigenvalue weighted by atomic mass is 32.2. The maximum atomic E-state index is 12.4. The van der Waals surface area contributed by atoms with Crippen LogP contribution in [0, 0.1) is 5.92 Å². The van der Waals surface area contributed by atoms with Crippen LogP contribution in [0.3, 0.4) is 0 Å². The van der Waals surface area contributed by atoms with Crippen molar-refractivity contribution < 1.29 is 9.59 Å². The zero-order valence-electron chi connectivity index (χ0n) is 13.1. The summed E-state index contributed by atoms with van der Waals surface area (Å²) >= 11 is 1.62. The number of anilines is 2. The van der Waals surface area contributed by atoms with Gasteiger partial charge in [-0.25, -0.2) is 0 Å². The Morgan fingerprint density at radius 2 is 2.29 bits per heavy atom. The van der Waals surface area contributed by atoms with Crippen LogP contribution in [0.2, 0.25) is 0 Å². The summed E-state index contributed by atoms with van der Waals surface area (Å²) in [5.41, 5.74) is 1.92. The number of aromatic nitrogens is 2. The van der Waals surface area contributed by atoms with Crippen molar-refractivity contribution in [3.05, 3.63) is 36.2 Å². The van der Waals surface area contributed by atoms with Gasteiger partial charge in [0.15, 0.2) is 0 Å². The molecular weight excluding hydrogens is 324 g/mol. The van der Waals surface area contributed by atoms with Gasteiger partial charge in [0.05, 0.1) is 17.6 Å². The molecule has 2 N–H and O–H groups in total. The van der Waals surface area contributed by atoms with Crippen molar-refractivity contribution in [2.24, 2.45) is 5.92 Å². The Morgan fingerprint density at radius 1 is 1.42 bits per heavy atom. The fourth-order valence-electron chi connectivity index (χ4n) is 2.66. The van der Waals surface area contributed by atoms with Crippen molar-refractivity contribution in [3.63, 3.8) is 0 Å². The van der Waals surface area contributed by atoms with Gasteiger partial charge in [0.25, 0.3) is 5.91 Å². The van der Waals surface area contributed by atoms with E-state index in [1.165, 1.54) is 12.8 Å². The molecule has 1 aromatic heterocycles. The van der Waals surface area contributed by atoms with Crippen LogP contribution < -0.4 is 10.6 Å². The Labute approximate surface area is 144 Å². The van der Waals surface area contributed by atoms with E-state index in [9.17, 15) is 9.59 Å². The van der Waals surface area contributed by atoms with Crippen LogP contribution in [0.25, 0.3) is 0 Å². The van der Waals surface area contributed by atoms with E-state index in [1.807, 2.05) is 16.9 Å². The highest BCUT2D eigenvalue weighted by Crippen LogP contribution is 2.32. The lowest BCUT2D eigenvalue weighted by atomic mass is 10.2. The molecule has 124 valence electrons. The number of carbonyl (C=O) groups excluding carboxylic acids is 2. The van der Waals surface area contributed by atoms with Gasteiger partial charge in [-0.3, -0.25) is 14.3 Å². The molecule has 4 rings (SSSR count). The summed E-state index contributed by atoms with van der Waals surface area (Å²) < 4.78 is 1.88. The van der Waals surface area contributed by atoms with Gasteiger partial charge >= 0.3 is 0 Å². The predicted octanol–water partition coefficient (Wildman–Crippen LogP) is 2.98. The van der Waals surface area contributed by atoms with Crippen molar-refractivity contribution in [3.8, 4) is 0 Å². The summed E-state index contributed by atoms with van der Waals surface area (Å²) in [6, 6.07) is 5.40. The Hall–Kier alpha value is -2.28. The minimum atomic E-state index is -0.202. The van der Waals surface area contributed by atoms with Crippen LogP contribution in [0.5, 0.6) is 0 Å². The maximum Gasteiger partial charge on any atom is 0.255 e. The van der Waals surface area contributed by atoms with E-state index in [0.29, 0.717) is 23.4 Å². The van der Waals surface area contributed by atoms with Crippen molar-refractivity contribution in [2.75, 3.05) is 16.4 Å². The minimum absolute atomic E-state index is 0.0137. The molecule has 0 unspecified atom stereocenters. The normalized spacial score (nSPS) is 16.9. The first-order valence-electron chi connectivity index (χ1n) is 8.08. The second-order valence-electron chi connectivity index (χ2n) is 6.21. The van der Waals surface area contributed by atoms with Crippen LogP contribution in [-0.2, 0) is 11.3 Å². The number of rotatable bonds is 4. The molecule has 24 heavy (non-hydrogen) atoms. The summed E-state index contributed by atoms with van der Waals surface area (Å²) in [4.78, 5) is 25.1. The minimum Gasteiger partial charge on any atom is -0.325 e. The van der Waals surface area contributed by atoms with Crippen LogP contribution in [-0.4, -0.2) is 27.3 Å². The van der Waals surface area contributed by atoms with Gasteiger partial charge in [0.1, 0.15) is 0 Å². The predicted molar refractivity (Wildman–Crippen MR) is 93.3 cm³/mol. The second kappa shape index (κ2) is 6.32. The molecule has 0 bridgehead atoms. The van der Waals surface area contributed by atoms with E-state index >= 15 is 0 Å². The summed E-state index contributed by atoms with van der Waals surface area (Å²) in [5, 5.41) is 10.00. The topological polar surface area (TPSA) is 76.0 Å². The molecule has 2 aromatic rings. The van der Waals surface area contributed by atoms with Gasteiger partial charge in [0.2, 0.25) is 5.91 Å². The van der Waals surface area contributed by atoms with Crippen LogP contribution in [0.15, 0.2) is 35.5 Å². The standard InChI is InChI=1S/C17H18N4O2S/c22-16-5-6-24-15-4-3-12(7-14(15)20-16)17(23)19-13-8-18-21(10-13)9-11-1-2-11/h3-4,7-8,10-11H,1-2,5-6,9H2,(H,19,23)(H,20,22). The highest BCUT2D eigenvalue weighted by molar-refractivity contribution is 7.99. The molecule has 1 fully saturated rings. The zero-order chi connectivity index (χ0) is 16.5. The van der Waals surface area contributed by atoms with E-state index in [0.717, 1.165) is 23.1 Å². The average Bonchev–Trinajstić information content (AvgIpc) is 3.30. The number of hydrogen-bond donors (Lipinski definition) is 2. The molecule has 0 radical (unpaired) electrons. The van der Waals surface area contributed by atoms with Crippen LogP contribution in [0.4, 0.5) is 11.4 Å². The molecule has 7 heteroatoms. The second-order valence-corrected chi connectivity index (χ2v) is 7.34. The molecule has 6 nitrogen and oxygen atoms in total. The van der Waals surface area contributed by atoms with Crippen molar-refractivity contribution in [1.82, 2.24) is 9.78 Å². The van der Waals surface area contributed by atoms with E-state index in [-0.39, 0.29) is 11.8 Å². The lowest BCUT2D eigenvalue weighted by molar-refractivity contribution is -0.115. The number of benzene rings is 1. The van der Waals surface area contributed by atoms with Crippen molar-refractivity contribution in [2.45, 2.75) is 30.7 Å². The Kier molecular flexibility index (Phi) is 4.02. The summed E-state index contributed by atoms with van der Waals surface area (Å²) in [6.07, 6.45) is 6.54. The quantitative estimate of drug-likeness (QED) is 0.896. The number of hydrogen-bond acceptors (Lipinski definition) is 4. The smallest absolute Gasteiger partial charge is 0.255 e. The van der Waals surface area contributed by atoms with Gasteiger partial charge in [-0.05, 0) is 37.0 Å². The molecule has 1 aliphatic carbocycles. The van der Waals surface area contributed by atoms with Crippen LogP contribution in [0.1, 0.15) is 29.6 Å². The Bertz CT molecular complexity index is 798. The SMILES string of the molecule is O=C1CCSc2ccc(C(=O)Nc3cnn(CC4CC4)c3)cc2N1. The summed E-state index contributed by atoms with van der Waals surface area (Å²) in [6.45, 7) is 0.915. The third-order valence-electron chi connectivity index (χ3n) is 4.14. The molecule has 1 aromatic carbocycles. The van der Waals surface area contributed by atoms with Crippen molar-refractivity contribution in [1.29, 1.82) is 0 Å². The third kappa shape index (κ3) is 3.46. The Balaban J connectivity index is 1.47. The molecule has 2 amide bonds. The van der Waals surface area contributed by atoms with Crippen LogP contribution >= 0.6 is 11.8 Å². The van der Waals surface area contributed by atoms with Crippen molar-refractivity contribution >= 4 is 35.0 Å². The molecule has 2 aliphatic rings. The summed E-state index contributed by atoms with van der Waals surface area (Å²) in [5.74, 6) is 1.27. The average molecular weight is 342 g/mol. The van der Waals surface area contributed by atoms with Gasteiger partial charge in [-0.15, -0.1) is 11.8 Å². The lowest BCUT2D eigenvalue weighted by Crippen LogP contribution is -2.14. The number of nitrogens with zero attached hydrogens (tertiary/aromatic N) is 2. The van der Waals surface area contributed by atoms with E-state index in [4.69, 9.17) is 0 Å². The Morgan fingerprint density at radius 3 is 3.12 bits per heavy atom. The highest BCUT2D eigenvalue weighted by Gasteiger charge is 2.22. The fraction of sp³-hybridized carbons (Fsp3) is 0.353. The first-order valence-corrected chi connectivity index (χ1v) is 9.06. The number of fused-ring (bicyclic) bond motifs is 1. The van der Waals surface area contributed by atoms with Gasteiger partial charge in [0, 0.05) is 35.4 Å². The lowest BCUT2D eigenvalue weighted by Gasteiger charge is -2.09. The molecular formula is C17H18N4O2S. The monoisotopic (exact) mass is 342 g/mol. The molecule has 2 heterocycles. The van der Waals surface area contributed by atoms with Gasteiger partial charge in [-0.2, -0.15) is 5.10 Å². The largest absolute Gasteiger partial charge is 0.325 e. The molecule has 1 saturated carbocycles. The fourth-order valence-corrected chi connectivity index (χ4v) is 3.59. The van der Waals surface area contributed by atoms with Gasteiger partial charge in [-0.1, -0.05) is 0 Å². The molecule has 0 atom stereocenters. The summed E-state index contributed by atoms with van der Waals surface area (Å²) in [7, 11) is 0. The molecule has 1 aliphatic heterocycles. The molecule has 0 spiro atoms. The third-order valence-corrected chi connectivity index (χ3v) is 5.21. The first kappa shape index (κ1) is 15.3. The first-order chi connectivity index (χ1) is 11.7. The number of thioether (sulfide) groups is 1. The number of nitrogens with one attached hydrogen (secondary N) is 2. The number of amides is 2. The number of carbonyl (C=O) groups is 2. The van der Waals surface area contributed by atoms with Gasteiger partial charge < -0.3 is 10.6 Å².